The van der Waals surface area contributed by atoms with Crippen LogP contribution in [0.4, 0.5) is 0 Å². The molecule has 0 amide bonds. The SMILES string of the molecule is CCn1nc(C)c(Br)c1C=C1CC(N)C1. The molecule has 0 spiro atoms. The molecule has 1 aromatic heterocycles. The van der Waals surface area contributed by atoms with Crippen molar-refractivity contribution in [2.24, 2.45) is 5.73 Å². The van der Waals surface area contributed by atoms with Gasteiger partial charge in [-0.25, -0.2) is 0 Å². The van der Waals surface area contributed by atoms with Crippen molar-refractivity contribution in [1.29, 1.82) is 0 Å². The van der Waals surface area contributed by atoms with Crippen molar-refractivity contribution in [2.45, 2.75) is 39.3 Å². The Hall–Kier alpha value is -0.610. The van der Waals surface area contributed by atoms with Crippen LogP contribution < -0.4 is 5.73 Å². The average molecular weight is 270 g/mol. The summed E-state index contributed by atoms with van der Waals surface area (Å²) in [6.45, 7) is 5.02. The van der Waals surface area contributed by atoms with Crippen LogP contribution in [0.3, 0.4) is 0 Å². The molecule has 1 heterocycles. The number of hydrogen-bond donors (Lipinski definition) is 1. The molecule has 1 aliphatic rings. The van der Waals surface area contributed by atoms with Gasteiger partial charge in [0.05, 0.1) is 15.9 Å². The van der Waals surface area contributed by atoms with Gasteiger partial charge in [0, 0.05) is 12.6 Å². The van der Waals surface area contributed by atoms with Crippen LogP contribution in [0, 0.1) is 6.92 Å². The summed E-state index contributed by atoms with van der Waals surface area (Å²) in [5.74, 6) is 0. The van der Waals surface area contributed by atoms with Crippen LogP contribution in [0.5, 0.6) is 0 Å². The van der Waals surface area contributed by atoms with E-state index >= 15 is 0 Å². The molecule has 2 rings (SSSR count). The molecule has 1 aromatic rings. The third kappa shape index (κ3) is 2.01. The molecule has 2 N–H and O–H groups in total. The van der Waals surface area contributed by atoms with E-state index < -0.39 is 0 Å². The predicted octanol–water partition coefficient (Wildman–Crippen LogP) is 2.48. The zero-order valence-corrected chi connectivity index (χ0v) is 10.7. The van der Waals surface area contributed by atoms with Gasteiger partial charge in [-0.2, -0.15) is 5.10 Å². The van der Waals surface area contributed by atoms with Crippen LogP contribution in [0.25, 0.3) is 6.08 Å². The van der Waals surface area contributed by atoms with E-state index in [0.717, 1.165) is 29.6 Å². The van der Waals surface area contributed by atoms with E-state index in [1.165, 1.54) is 11.3 Å². The molecule has 82 valence electrons. The van der Waals surface area contributed by atoms with E-state index in [1.807, 2.05) is 11.6 Å². The maximum atomic E-state index is 5.76. The summed E-state index contributed by atoms with van der Waals surface area (Å²) in [4.78, 5) is 0. The lowest BCUT2D eigenvalue weighted by atomic mass is 9.86. The zero-order chi connectivity index (χ0) is 11.0. The first-order chi connectivity index (χ1) is 7.11. The Morgan fingerprint density at radius 3 is 2.80 bits per heavy atom. The fourth-order valence-corrected chi connectivity index (χ4v) is 2.28. The monoisotopic (exact) mass is 269 g/mol. The van der Waals surface area contributed by atoms with E-state index in [-0.39, 0.29) is 0 Å². The Kier molecular flexibility index (Phi) is 2.98. The van der Waals surface area contributed by atoms with Gasteiger partial charge < -0.3 is 5.73 Å². The lowest BCUT2D eigenvalue weighted by molar-refractivity contribution is 0.545. The molecule has 0 atom stereocenters. The number of halogens is 1. The van der Waals surface area contributed by atoms with Crippen molar-refractivity contribution >= 4 is 22.0 Å². The summed E-state index contributed by atoms with van der Waals surface area (Å²) in [5.41, 5.74) is 9.42. The molecule has 0 aromatic carbocycles. The van der Waals surface area contributed by atoms with Crippen LogP contribution in [-0.2, 0) is 6.54 Å². The molecule has 0 saturated heterocycles. The quantitative estimate of drug-likeness (QED) is 0.897. The van der Waals surface area contributed by atoms with Crippen LogP contribution in [0.2, 0.25) is 0 Å². The van der Waals surface area contributed by atoms with E-state index in [9.17, 15) is 0 Å². The van der Waals surface area contributed by atoms with Crippen molar-refractivity contribution in [3.8, 4) is 0 Å². The molecule has 4 heteroatoms. The van der Waals surface area contributed by atoms with Gasteiger partial charge in [-0.15, -0.1) is 0 Å². The Morgan fingerprint density at radius 1 is 1.60 bits per heavy atom. The zero-order valence-electron chi connectivity index (χ0n) is 9.13. The summed E-state index contributed by atoms with van der Waals surface area (Å²) in [5, 5.41) is 4.45. The summed E-state index contributed by atoms with van der Waals surface area (Å²) >= 11 is 3.58. The predicted molar refractivity (Wildman–Crippen MR) is 65.5 cm³/mol. The lowest BCUT2D eigenvalue weighted by Crippen LogP contribution is -2.30. The number of aromatic nitrogens is 2. The Morgan fingerprint density at radius 2 is 2.27 bits per heavy atom. The van der Waals surface area contributed by atoms with Gasteiger partial charge in [-0.05, 0) is 48.7 Å². The summed E-state index contributed by atoms with van der Waals surface area (Å²) in [6.07, 6.45) is 4.28. The summed E-state index contributed by atoms with van der Waals surface area (Å²) in [6, 6.07) is 0.370. The fourth-order valence-electron chi connectivity index (χ4n) is 1.88. The van der Waals surface area contributed by atoms with Gasteiger partial charge in [-0.1, -0.05) is 5.57 Å². The maximum absolute atomic E-state index is 5.76. The number of rotatable bonds is 2. The molecule has 1 saturated carbocycles. The second-order valence-electron chi connectivity index (χ2n) is 4.07. The molecular weight excluding hydrogens is 254 g/mol. The number of aryl methyl sites for hydroxylation is 2. The average Bonchev–Trinajstić information content (AvgIpc) is 2.43. The van der Waals surface area contributed by atoms with Crippen molar-refractivity contribution in [3.05, 3.63) is 21.4 Å². The van der Waals surface area contributed by atoms with Crippen molar-refractivity contribution in [1.82, 2.24) is 9.78 Å². The molecule has 15 heavy (non-hydrogen) atoms. The molecular formula is C11H16BrN3. The minimum absolute atomic E-state index is 0.370. The van der Waals surface area contributed by atoms with Crippen molar-refractivity contribution in [2.75, 3.05) is 0 Å². The number of nitrogens with zero attached hydrogens (tertiary/aromatic N) is 2. The largest absolute Gasteiger partial charge is 0.327 e. The first-order valence-electron chi connectivity index (χ1n) is 5.29. The second kappa shape index (κ2) is 4.10. The third-order valence-electron chi connectivity index (χ3n) is 2.78. The molecule has 3 nitrogen and oxygen atoms in total. The number of nitrogens with two attached hydrogens (primary N) is 1. The highest BCUT2D eigenvalue weighted by atomic mass is 79.9. The van der Waals surface area contributed by atoms with Crippen LogP contribution in [0.15, 0.2) is 10.0 Å². The minimum atomic E-state index is 0.370. The second-order valence-corrected chi connectivity index (χ2v) is 4.86. The van der Waals surface area contributed by atoms with Gasteiger partial charge >= 0.3 is 0 Å². The van der Waals surface area contributed by atoms with Crippen LogP contribution in [-0.4, -0.2) is 15.8 Å². The van der Waals surface area contributed by atoms with Crippen molar-refractivity contribution in [3.63, 3.8) is 0 Å². The molecule has 0 radical (unpaired) electrons. The van der Waals surface area contributed by atoms with Gasteiger partial charge in [-0.3, -0.25) is 4.68 Å². The molecule has 1 fully saturated rings. The maximum Gasteiger partial charge on any atom is 0.0754 e. The summed E-state index contributed by atoms with van der Waals surface area (Å²) < 4.78 is 3.13. The normalized spacial score (nSPS) is 20.3. The highest BCUT2D eigenvalue weighted by Crippen LogP contribution is 2.30. The standard InChI is InChI=1S/C11H16BrN3/c1-3-15-10(11(12)7(2)14-15)6-8-4-9(13)5-8/h6,9H,3-5,13H2,1-2H3. The first-order valence-corrected chi connectivity index (χ1v) is 6.09. The molecule has 0 unspecified atom stereocenters. The highest BCUT2D eigenvalue weighted by molar-refractivity contribution is 9.10. The van der Waals surface area contributed by atoms with Gasteiger partial charge in [0.1, 0.15) is 0 Å². The Bertz CT molecular complexity index is 398. The fraction of sp³-hybridized carbons (Fsp3) is 0.545. The topological polar surface area (TPSA) is 43.8 Å². The van der Waals surface area contributed by atoms with E-state index in [1.54, 1.807) is 0 Å². The van der Waals surface area contributed by atoms with Crippen LogP contribution in [0.1, 0.15) is 31.2 Å². The molecule has 0 bridgehead atoms. The molecule has 0 aliphatic heterocycles. The first kappa shape index (κ1) is 10.9. The van der Waals surface area contributed by atoms with E-state index in [2.05, 4.69) is 34.0 Å². The summed E-state index contributed by atoms with van der Waals surface area (Å²) in [7, 11) is 0. The highest BCUT2D eigenvalue weighted by Gasteiger charge is 2.20. The van der Waals surface area contributed by atoms with Crippen molar-refractivity contribution < 1.29 is 0 Å². The van der Waals surface area contributed by atoms with Gasteiger partial charge in [0.2, 0.25) is 0 Å². The Balaban J connectivity index is 2.31. The van der Waals surface area contributed by atoms with Gasteiger partial charge in [0.15, 0.2) is 0 Å². The van der Waals surface area contributed by atoms with E-state index in [4.69, 9.17) is 5.73 Å². The van der Waals surface area contributed by atoms with E-state index in [0.29, 0.717) is 6.04 Å². The van der Waals surface area contributed by atoms with Gasteiger partial charge in [0.25, 0.3) is 0 Å². The Labute approximate surface area is 98.5 Å². The van der Waals surface area contributed by atoms with Crippen LogP contribution >= 0.6 is 15.9 Å². The lowest BCUT2D eigenvalue weighted by Gasteiger charge is -2.25. The number of hydrogen-bond acceptors (Lipinski definition) is 2. The molecule has 1 aliphatic carbocycles. The smallest absolute Gasteiger partial charge is 0.0754 e. The minimum Gasteiger partial charge on any atom is -0.327 e. The third-order valence-corrected chi connectivity index (χ3v) is 3.76.